The molecule has 9 nitrogen and oxygen atoms in total. The molecular weight excluding hydrogens is 354 g/mol. The number of pyridine rings is 1. The van der Waals surface area contributed by atoms with E-state index < -0.39 is 10.7 Å². The molecule has 9 heteroatoms. The number of nitrogens with zero attached hydrogens (tertiary/aromatic N) is 3. The third-order valence-corrected chi connectivity index (χ3v) is 3.83. The van der Waals surface area contributed by atoms with Gasteiger partial charge in [0, 0.05) is 13.1 Å². The van der Waals surface area contributed by atoms with Crippen LogP contribution < -0.4 is 14.2 Å². The molecule has 0 fully saturated rings. The summed E-state index contributed by atoms with van der Waals surface area (Å²) >= 11 is 0. The number of amides is 1. The number of carbonyl (C=O) groups excluding carboxylic acids is 1. The summed E-state index contributed by atoms with van der Waals surface area (Å²) in [6.45, 7) is 2.30. The van der Waals surface area contributed by atoms with Crippen LogP contribution in [0.5, 0.6) is 17.2 Å². The lowest BCUT2D eigenvalue weighted by Crippen LogP contribution is -2.34. The Morgan fingerprint density at radius 1 is 1.19 bits per heavy atom. The molecule has 1 amide bonds. The van der Waals surface area contributed by atoms with E-state index in [2.05, 4.69) is 4.98 Å². The molecule has 0 saturated heterocycles. The van der Waals surface area contributed by atoms with Crippen LogP contribution >= 0.6 is 0 Å². The van der Waals surface area contributed by atoms with E-state index in [4.69, 9.17) is 14.2 Å². The van der Waals surface area contributed by atoms with Gasteiger partial charge in [0.1, 0.15) is 6.20 Å². The number of likely N-dealkylation sites (N-methyl/N-ethyl adjacent to an activating group) is 1. The van der Waals surface area contributed by atoms with Gasteiger partial charge < -0.3 is 29.2 Å². The lowest BCUT2D eigenvalue weighted by Gasteiger charge is -2.21. The molecule has 1 aromatic heterocycles. The van der Waals surface area contributed by atoms with Crippen molar-refractivity contribution in [3.05, 3.63) is 52.2 Å². The molecule has 27 heavy (non-hydrogen) atoms. The van der Waals surface area contributed by atoms with Crippen molar-refractivity contribution < 1.29 is 23.9 Å². The van der Waals surface area contributed by atoms with Crippen LogP contribution in [0.2, 0.25) is 0 Å². The van der Waals surface area contributed by atoms with Gasteiger partial charge >= 0.3 is 5.82 Å². The number of nitro groups is 1. The molecule has 0 radical (unpaired) electrons. The zero-order valence-corrected chi connectivity index (χ0v) is 15.4. The van der Waals surface area contributed by atoms with Gasteiger partial charge in [0.2, 0.25) is 5.75 Å². The highest BCUT2D eigenvalue weighted by Crippen LogP contribution is 2.28. The summed E-state index contributed by atoms with van der Waals surface area (Å²) in [5.41, 5.74) is 0.857. The molecule has 0 unspecified atom stereocenters. The second-order valence-corrected chi connectivity index (χ2v) is 5.47. The fourth-order valence-electron chi connectivity index (χ4n) is 2.44. The van der Waals surface area contributed by atoms with Crippen molar-refractivity contribution in [3.63, 3.8) is 0 Å². The summed E-state index contributed by atoms with van der Waals surface area (Å²) in [6.07, 6.45) is 1.29. The summed E-state index contributed by atoms with van der Waals surface area (Å²) in [5, 5.41) is 11.0. The molecule has 0 N–H and O–H groups in total. The van der Waals surface area contributed by atoms with Gasteiger partial charge in [-0.2, -0.15) is 0 Å². The Labute approximate surface area is 156 Å². The highest BCUT2D eigenvalue weighted by atomic mass is 16.6. The van der Waals surface area contributed by atoms with Crippen molar-refractivity contribution in [1.29, 1.82) is 0 Å². The summed E-state index contributed by atoms with van der Waals surface area (Å²) in [6, 6.07) is 8.31. The molecule has 0 bridgehead atoms. The fraction of sp³-hybridized carbons (Fsp3) is 0.333. The Morgan fingerprint density at radius 2 is 1.93 bits per heavy atom. The molecule has 1 aromatic carbocycles. The summed E-state index contributed by atoms with van der Waals surface area (Å²) < 4.78 is 15.8. The Kier molecular flexibility index (Phi) is 6.93. The Balaban J connectivity index is 2.05. The second-order valence-electron chi connectivity index (χ2n) is 5.47. The first-order chi connectivity index (χ1) is 13.0. The first kappa shape index (κ1) is 20.0. The van der Waals surface area contributed by atoms with Gasteiger partial charge in [-0.3, -0.25) is 4.79 Å². The van der Waals surface area contributed by atoms with Crippen molar-refractivity contribution in [2.45, 2.75) is 13.5 Å². The number of methoxy groups -OCH3 is 2. The number of carbonyl (C=O) groups is 1. The van der Waals surface area contributed by atoms with E-state index in [1.54, 1.807) is 31.3 Å². The molecule has 0 aliphatic carbocycles. The van der Waals surface area contributed by atoms with Crippen LogP contribution in [0.1, 0.15) is 12.5 Å². The van der Waals surface area contributed by atoms with Crippen molar-refractivity contribution in [3.8, 4) is 17.2 Å². The van der Waals surface area contributed by atoms with E-state index in [0.29, 0.717) is 24.6 Å². The van der Waals surface area contributed by atoms with Crippen molar-refractivity contribution in [1.82, 2.24) is 9.88 Å². The number of hydrogen-bond donors (Lipinski definition) is 0. The highest BCUT2D eigenvalue weighted by Gasteiger charge is 2.19. The van der Waals surface area contributed by atoms with E-state index in [-0.39, 0.29) is 18.3 Å². The molecule has 1 heterocycles. The molecule has 0 saturated carbocycles. The van der Waals surface area contributed by atoms with Crippen LogP contribution in [0.15, 0.2) is 36.5 Å². The normalized spacial score (nSPS) is 10.2. The van der Waals surface area contributed by atoms with Gasteiger partial charge in [-0.15, -0.1) is 0 Å². The molecular formula is C18H21N3O6. The monoisotopic (exact) mass is 375 g/mol. The lowest BCUT2D eigenvalue weighted by molar-refractivity contribution is -0.390. The summed E-state index contributed by atoms with van der Waals surface area (Å²) in [5.74, 6) is 0.403. The van der Waals surface area contributed by atoms with Gasteiger partial charge in [0.25, 0.3) is 5.91 Å². The fourth-order valence-corrected chi connectivity index (χ4v) is 2.44. The minimum atomic E-state index is -0.652. The predicted molar refractivity (Wildman–Crippen MR) is 97.0 cm³/mol. The lowest BCUT2D eigenvalue weighted by atomic mass is 10.2. The summed E-state index contributed by atoms with van der Waals surface area (Å²) in [4.78, 5) is 28.0. The Morgan fingerprint density at radius 3 is 2.56 bits per heavy atom. The zero-order valence-electron chi connectivity index (χ0n) is 15.4. The summed E-state index contributed by atoms with van der Waals surface area (Å²) in [7, 11) is 3.09. The molecule has 2 rings (SSSR count). The van der Waals surface area contributed by atoms with Crippen molar-refractivity contribution in [2.75, 3.05) is 27.4 Å². The van der Waals surface area contributed by atoms with Gasteiger partial charge in [-0.05, 0) is 46.7 Å². The van der Waals surface area contributed by atoms with E-state index >= 15 is 0 Å². The Hall–Kier alpha value is -3.36. The predicted octanol–water partition coefficient (Wildman–Crippen LogP) is 2.43. The van der Waals surface area contributed by atoms with E-state index in [1.165, 1.54) is 18.3 Å². The second kappa shape index (κ2) is 9.37. The Bertz CT molecular complexity index is 811. The number of ether oxygens (including phenoxy) is 3. The third kappa shape index (κ3) is 5.06. The SMILES string of the molecule is CCN(Cc1ccc(OC)c(OC)c1)C(=O)COc1cccnc1[N+](=O)[O-]. The number of benzene rings is 1. The van der Waals surface area contributed by atoms with Crippen molar-refractivity contribution >= 4 is 11.7 Å². The van der Waals surface area contributed by atoms with Crippen LogP contribution in [-0.4, -0.2) is 48.1 Å². The van der Waals surface area contributed by atoms with Crippen LogP contribution in [0.4, 0.5) is 5.82 Å². The van der Waals surface area contributed by atoms with Crippen LogP contribution in [0.25, 0.3) is 0 Å². The minimum Gasteiger partial charge on any atom is -0.493 e. The average molecular weight is 375 g/mol. The molecule has 0 aliphatic heterocycles. The molecule has 0 aliphatic rings. The van der Waals surface area contributed by atoms with Gasteiger partial charge in [-0.1, -0.05) is 6.07 Å². The van der Waals surface area contributed by atoms with Gasteiger partial charge in [-0.25, -0.2) is 0 Å². The van der Waals surface area contributed by atoms with E-state index in [1.807, 2.05) is 13.0 Å². The van der Waals surface area contributed by atoms with Gasteiger partial charge in [0.15, 0.2) is 18.1 Å². The standard InChI is InChI=1S/C18H21N3O6/c1-4-20(11-13-7-8-14(25-2)16(10-13)26-3)17(22)12-27-15-6-5-9-19-18(15)21(23)24/h5-10H,4,11-12H2,1-3H3. The minimum absolute atomic E-state index is 0.0435. The van der Waals surface area contributed by atoms with Crippen LogP contribution in [0, 0.1) is 10.1 Å². The van der Waals surface area contributed by atoms with E-state index in [0.717, 1.165) is 5.56 Å². The molecule has 0 spiro atoms. The number of hydrogen-bond acceptors (Lipinski definition) is 7. The maximum Gasteiger partial charge on any atom is 0.406 e. The van der Waals surface area contributed by atoms with Crippen LogP contribution in [-0.2, 0) is 11.3 Å². The van der Waals surface area contributed by atoms with Crippen LogP contribution in [0.3, 0.4) is 0 Å². The number of aromatic nitrogens is 1. The topological polar surface area (TPSA) is 104 Å². The molecule has 0 atom stereocenters. The maximum atomic E-state index is 12.5. The zero-order chi connectivity index (χ0) is 19.8. The largest absolute Gasteiger partial charge is 0.493 e. The first-order valence-electron chi connectivity index (χ1n) is 8.21. The van der Waals surface area contributed by atoms with Gasteiger partial charge in [0.05, 0.1) is 14.2 Å². The highest BCUT2D eigenvalue weighted by molar-refractivity contribution is 5.77. The first-order valence-corrected chi connectivity index (χ1v) is 8.21. The smallest absolute Gasteiger partial charge is 0.406 e. The molecule has 2 aromatic rings. The maximum absolute atomic E-state index is 12.5. The molecule has 144 valence electrons. The van der Waals surface area contributed by atoms with E-state index in [9.17, 15) is 14.9 Å². The quantitative estimate of drug-likeness (QED) is 0.490. The third-order valence-electron chi connectivity index (χ3n) is 3.83. The number of rotatable bonds is 9. The average Bonchev–Trinajstić information content (AvgIpc) is 2.70. The van der Waals surface area contributed by atoms with Crippen molar-refractivity contribution in [2.24, 2.45) is 0 Å².